The average molecular weight is 323 g/mol. The summed E-state index contributed by atoms with van der Waals surface area (Å²) < 4.78 is 5.96. The molecule has 3 aromatic rings. The molecule has 0 radical (unpaired) electrons. The number of phenols is 1. The predicted octanol–water partition coefficient (Wildman–Crippen LogP) is 3.93. The Morgan fingerprint density at radius 2 is 2.17 bits per heavy atom. The van der Waals surface area contributed by atoms with E-state index in [0.717, 1.165) is 9.35 Å². The molecule has 0 atom stereocenters. The number of phenolic OH excluding ortho intramolecular Hbond substituents is 1. The van der Waals surface area contributed by atoms with Crippen LogP contribution in [0.25, 0.3) is 22.2 Å². The van der Waals surface area contributed by atoms with Crippen LogP contribution in [0.4, 0.5) is 0 Å². The highest BCUT2D eigenvalue weighted by molar-refractivity contribution is 9.10. The van der Waals surface area contributed by atoms with Crippen LogP contribution in [0.2, 0.25) is 0 Å². The van der Waals surface area contributed by atoms with Crippen molar-refractivity contribution in [3.8, 4) is 27.9 Å². The van der Waals surface area contributed by atoms with E-state index >= 15 is 0 Å². The third kappa shape index (κ3) is 2.04. The Labute approximate surface area is 115 Å². The molecule has 1 N–H and O–H groups in total. The fraction of sp³-hybridized carbons (Fsp3) is 0. The maximum atomic E-state index is 9.83. The molecule has 0 saturated heterocycles. The molecule has 2 aromatic heterocycles. The first-order chi connectivity index (χ1) is 8.74. The van der Waals surface area contributed by atoms with Crippen LogP contribution < -0.4 is 0 Å². The van der Waals surface area contributed by atoms with Crippen LogP contribution in [0.5, 0.6) is 5.75 Å². The number of hydrogen-bond acceptors (Lipinski definition) is 5. The predicted molar refractivity (Wildman–Crippen MR) is 72.4 cm³/mol. The molecule has 0 fully saturated rings. The zero-order chi connectivity index (χ0) is 12.5. The summed E-state index contributed by atoms with van der Waals surface area (Å²) in [5, 5.41) is 15.7. The minimum atomic E-state index is 0.103. The second kappa shape index (κ2) is 4.55. The molecule has 4 nitrogen and oxygen atoms in total. The van der Waals surface area contributed by atoms with Gasteiger partial charge in [0.25, 0.3) is 5.89 Å². The Kier molecular flexibility index (Phi) is 2.89. The highest BCUT2D eigenvalue weighted by Gasteiger charge is 2.14. The summed E-state index contributed by atoms with van der Waals surface area (Å²) in [6.07, 6.45) is 0. The lowest BCUT2D eigenvalue weighted by molar-refractivity contribution is 0.426. The average Bonchev–Trinajstić information content (AvgIpc) is 2.99. The highest BCUT2D eigenvalue weighted by atomic mass is 79.9. The number of rotatable bonds is 2. The molecule has 0 amide bonds. The van der Waals surface area contributed by atoms with Crippen molar-refractivity contribution in [1.82, 2.24) is 10.1 Å². The first kappa shape index (κ1) is 11.4. The van der Waals surface area contributed by atoms with Gasteiger partial charge in [-0.2, -0.15) is 4.98 Å². The molecule has 1 aromatic carbocycles. The second-order valence-corrected chi connectivity index (χ2v) is 5.43. The molecule has 0 aliphatic carbocycles. The van der Waals surface area contributed by atoms with Gasteiger partial charge in [0.1, 0.15) is 5.75 Å². The van der Waals surface area contributed by atoms with Gasteiger partial charge in [0.15, 0.2) is 0 Å². The zero-order valence-electron chi connectivity index (χ0n) is 9.00. The topological polar surface area (TPSA) is 59.2 Å². The van der Waals surface area contributed by atoms with Crippen molar-refractivity contribution in [2.24, 2.45) is 0 Å². The van der Waals surface area contributed by atoms with Gasteiger partial charge in [0.05, 0.1) is 10.4 Å². The molecular formula is C12H7BrN2O2S. The molecule has 6 heteroatoms. The Balaban J connectivity index is 2.03. The van der Waals surface area contributed by atoms with Crippen molar-refractivity contribution in [2.45, 2.75) is 0 Å². The number of aromatic hydroxyl groups is 1. The van der Waals surface area contributed by atoms with Crippen LogP contribution >= 0.6 is 27.3 Å². The number of hydrogen-bond donors (Lipinski definition) is 1. The van der Waals surface area contributed by atoms with E-state index in [1.54, 1.807) is 12.1 Å². The smallest absolute Gasteiger partial charge is 0.262 e. The first-order valence-electron chi connectivity index (χ1n) is 5.10. The van der Waals surface area contributed by atoms with Crippen LogP contribution in [0.3, 0.4) is 0 Å². The standard InChI is InChI=1S/C12H7BrN2O2S/c13-7-3-4-8(9(16)6-7)12-14-11(15-17-12)10-2-1-5-18-10/h1-6,16H. The lowest BCUT2D eigenvalue weighted by Crippen LogP contribution is -1.80. The lowest BCUT2D eigenvalue weighted by atomic mass is 10.2. The van der Waals surface area contributed by atoms with E-state index in [1.165, 1.54) is 11.3 Å². The van der Waals surface area contributed by atoms with E-state index < -0.39 is 0 Å². The van der Waals surface area contributed by atoms with E-state index in [1.807, 2.05) is 23.6 Å². The van der Waals surface area contributed by atoms with Crippen molar-refractivity contribution in [2.75, 3.05) is 0 Å². The molecule has 90 valence electrons. The van der Waals surface area contributed by atoms with Gasteiger partial charge in [0, 0.05) is 4.47 Å². The summed E-state index contributed by atoms with van der Waals surface area (Å²) in [6.45, 7) is 0. The van der Waals surface area contributed by atoms with E-state index in [2.05, 4.69) is 26.1 Å². The number of thiophene rings is 1. The Hall–Kier alpha value is -1.66. The largest absolute Gasteiger partial charge is 0.507 e. The van der Waals surface area contributed by atoms with Gasteiger partial charge in [-0.25, -0.2) is 0 Å². The molecular weight excluding hydrogens is 316 g/mol. The number of nitrogens with zero attached hydrogens (tertiary/aromatic N) is 2. The number of benzene rings is 1. The monoisotopic (exact) mass is 322 g/mol. The third-order valence-electron chi connectivity index (χ3n) is 2.36. The van der Waals surface area contributed by atoms with Crippen molar-refractivity contribution < 1.29 is 9.63 Å². The number of aromatic nitrogens is 2. The normalized spacial score (nSPS) is 10.7. The Morgan fingerprint density at radius 1 is 1.28 bits per heavy atom. The molecule has 2 heterocycles. The fourth-order valence-corrected chi connectivity index (χ4v) is 2.52. The molecule has 0 aliphatic rings. The fourth-order valence-electron chi connectivity index (χ4n) is 1.52. The van der Waals surface area contributed by atoms with Crippen molar-refractivity contribution in [1.29, 1.82) is 0 Å². The van der Waals surface area contributed by atoms with E-state index in [0.29, 0.717) is 17.3 Å². The molecule has 0 bridgehead atoms. The van der Waals surface area contributed by atoms with E-state index in [-0.39, 0.29) is 5.75 Å². The van der Waals surface area contributed by atoms with Crippen LogP contribution in [0.1, 0.15) is 0 Å². The maximum Gasteiger partial charge on any atom is 0.262 e. The lowest BCUT2D eigenvalue weighted by Gasteiger charge is -1.98. The maximum absolute atomic E-state index is 9.83. The summed E-state index contributed by atoms with van der Waals surface area (Å²) in [5.41, 5.74) is 0.522. The summed E-state index contributed by atoms with van der Waals surface area (Å²) in [4.78, 5) is 5.20. The molecule has 0 unspecified atom stereocenters. The SMILES string of the molecule is Oc1cc(Br)ccc1-c1nc(-c2cccs2)no1. The molecule has 0 spiro atoms. The quantitative estimate of drug-likeness (QED) is 0.776. The molecule has 3 rings (SSSR count). The van der Waals surface area contributed by atoms with Gasteiger partial charge >= 0.3 is 0 Å². The first-order valence-corrected chi connectivity index (χ1v) is 6.78. The van der Waals surface area contributed by atoms with Crippen LogP contribution in [0.15, 0.2) is 44.7 Å². The summed E-state index contributed by atoms with van der Waals surface area (Å²) in [6, 6.07) is 8.97. The zero-order valence-corrected chi connectivity index (χ0v) is 11.4. The van der Waals surface area contributed by atoms with Crippen LogP contribution in [-0.4, -0.2) is 15.2 Å². The summed E-state index contributed by atoms with van der Waals surface area (Å²) >= 11 is 4.82. The van der Waals surface area contributed by atoms with Crippen molar-refractivity contribution in [3.05, 3.63) is 40.2 Å². The Bertz CT molecular complexity index is 679. The molecule has 0 aliphatic heterocycles. The van der Waals surface area contributed by atoms with Crippen molar-refractivity contribution in [3.63, 3.8) is 0 Å². The van der Waals surface area contributed by atoms with Gasteiger partial charge in [-0.3, -0.25) is 0 Å². The summed E-state index contributed by atoms with van der Waals surface area (Å²) in [7, 11) is 0. The minimum Gasteiger partial charge on any atom is -0.507 e. The molecule has 0 saturated carbocycles. The molecule has 18 heavy (non-hydrogen) atoms. The van der Waals surface area contributed by atoms with E-state index in [4.69, 9.17) is 4.52 Å². The highest BCUT2D eigenvalue weighted by Crippen LogP contribution is 2.32. The van der Waals surface area contributed by atoms with Crippen LogP contribution in [-0.2, 0) is 0 Å². The van der Waals surface area contributed by atoms with Gasteiger partial charge in [-0.1, -0.05) is 27.2 Å². The van der Waals surface area contributed by atoms with Gasteiger partial charge in [-0.15, -0.1) is 11.3 Å². The van der Waals surface area contributed by atoms with E-state index in [9.17, 15) is 5.11 Å². The van der Waals surface area contributed by atoms with Gasteiger partial charge in [-0.05, 0) is 29.6 Å². The third-order valence-corrected chi connectivity index (χ3v) is 3.72. The van der Waals surface area contributed by atoms with Gasteiger partial charge < -0.3 is 9.63 Å². The van der Waals surface area contributed by atoms with Crippen LogP contribution in [0, 0.1) is 0 Å². The summed E-state index contributed by atoms with van der Waals surface area (Å²) in [5.74, 6) is 0.941. The second-order valence-electron chi connectivity index (χ2n) is 3.56. The van der Waals surface area contributed by atoms with Crippen molar-refractivity contribution >= 4 is 27.3 Å². The minimum absolute atomic E-state index is 0.103. The number of halogens is 1. The van der Waals surface area contributed by atoms with Gasteiger partial charge in [0.2, 0.25) is 5.82 Å². The Morgan fingerprint density at radius 3 is 2.89 bits per heavy atom.